The van der Waals surface area contributed by atoms with E-state index in [9.17, 15) is 4.79 Å². The van der Waals surface area contributed by atoms with Gasteiger partial charge in [0.05, 0.1) is 18.5 Å². The van der Waals surface area contributed by atoms with E-state index in [0.29, 0.717) is 0 Å². The van der Waals surface area contributed by atoms with Crippen molar-refractivity contribution in [2.24, 2.45) is 0 Å². The highest BCUT2D eigenvalue weighted by Gasteiger charge is 2.31. The third kappa shape index (κ3) is 3.33. The molecule has 2 aromatic rings. The summed E-state index contributed by atoms with van der Waals surface area (Å²) in [5.74, 6) is 1.75. The summed E-state index contributed by atoms with van der Waals surface area (Å²) in [5.41, 5.74) is 1.01. The van der Waals surface area contributed by atoms with Gasteiger partial charge in [0, 0.05) is 24.5 Å². The van der Waals surface area contributed by atoms with Gasteiger partial charge in [-0.15, -0.1) is 0 Å². The van der Waals surface area contributed by atoms with Crippen LogP contribution in [0.5, 0.6) is 0 Å². The SMILES string of the molecule is Cc1cc([C@H](C)C(=O)N2CCCC[C@H]2Cn2cccn2)c(C)o1. The molecule has 0 aliphatic carbocycles. The first-order valence-electron chi connectivity index (χ1n) is 8.41. The number of likely N-dealkylation sites (tertiary alicyclic amines) is 1. The number of amides is 1. The molecule has 0 radical (unpaired) electrons. The van der Waals surface area contributed by atoms with E-state index in [-0.39, 0.29) is 17.9 Å². The molecule has 0 aromatic carbocycles. The number of hydrogen-bond donors (Lipinski definition) is 0. The summed E-state index contributed by atoms with van der Waals surface area (Å²) in [4.78, 5) is 15.1. The molecule has 1 amide bonds. The van der Waals surface area contributed by atoms with Crippen molar-refractivity contribution in [3.8, 4) is 0 Å². The minimum Gasteiger partial charge on any atom is -0.466 e. The van der Waals surface area contributed by atoms with Gasteiger partial charge in [0.1, 0.15) is 11.5 Å². The minimum atomic E-state index is -0.161. The van der Waals surface area contributed by atoms with Crippen molar-refractivity contribution in [3.63, 3.8) is 0 Å². The maximum Gasteiger partial charge on any atom is 0.230 e. The number of nitrogens with zero attached hydrogens (tertiary/aromatic N) is 3. The van der Waals surface area contributed by atoms with Gasteiger partial charge in [-0.25, -0.2) is 0 Å². The van der Waals surface area contributed by atoms with Crippen LogP contribution in [0.25, 0.3) is 0 Å². The number of carbonyl (C=O) groups is 1. The Balaban J connectivity index is 1.76. The van der Waals surface area contributed by atoms with Crippen molar-refractivity contribution < 1.29 is 9.21 Å². The normalized spacial score (nSPS) is 19.8. The van der Waals surface area contributed by atoms with Gasteiger partial charge in [-0.3, -0.25) is 9.48 Å². The van der Waals surface area contributed by atoms with E-state index in [1.54, 1.807) is 6.20 Å². The molecule has 1 fully saturated rings. The lowest BCUT2D eigenvalue weighted by Gasteiger charge is -2.37. The second kappa shape index (κ2) is 6.60. The Morgan fingerprint density at radius 1 is 1.43 bits per heavy atom. The Kier molecular flexibility index (Phi) is 4.55. The summed E-state index contributed by atoms with van der Waals surface area (Å²) >= 11 is 0. The first kappa shape index (κ1) is 15.8. The van der Waals surface area contributed by atoms with Crippen molar-refractivity contribution in [1.29, 1.82) is 0 Å². The molecule has 2 aromatic heterocycles. The van der Waals surface area contributed by atoms with Crippen LogP contribution in [-0.4, -0.2) is 33.2 Å². The van der Waals surface area contributed by atoms with E-state index >= 15 is 0 Å². The average molecular weight is 315 g/mol. The van der Waals surface area contributed by atoms with Crippen LogP contribution in [0.4, 0.5) is 0 Å². The summed E-state index contributed by atoms with van der Waals surface area (Å²) in [7, 11) is 0. The zero-order chi connectivity index (χ0) is 16.4. The number of furan rings is 1. The Morgan fingerprint density at radius 3 is 2.91 bits per heavy atom. The molecular weight excluding hydrogens is 290 g/mol. The van der Waals surface area contributed by atoms with Gasteiger partial charge in [-0.05, 0) is 52.2 Å². The van der Waals surface area contributed by atoms with Crippen LogP contribution < -0.4 is 0 Å². The third-order valence-electron chi connectivity index (χ3n) is 4.78. The molecule has 0 unspecified atom stereocenters. The second-order valence-electron chi connectivity index (χ2n) is 6.50. The summed E-state index contributed by atoms with van der Waals surface area (Å²) in [6.45, 7) is 7.46. The van der Waals surface area contributed by atoms with E-state index in [1.165, 1.54) is 6.42 Å². The molecule has 5 heteroatoms. The van der Waals surface area contributed by atoms with Gasteiger partial charge >= 0.3 is 0 Å². The van der Waals surface area contributed by atoms with Crippen LogP contribution in [0, 0.1) is 13.8 Å². The maximum atomic E-state index is 13.1. The van der Waals surface area contributed by atoms with Crippen molar-refractivity contribution in [2.75, 3.05) is 6.54 Å². The van der Waals surface area contributed by atoms with E-state index in [4.69, 9.17) is 4.42 Å². The van der Waals surface area contributed by atoms with Gasteiger partial charge in [0.15, 0.2) is 0 Å². The molecule has 0 saturated carbocycles. The molecule has 5 nitrogen and oxygen atoms in total. The number of rotatable bonds is 4. The van der Waals surface area contributed by atoms with E-state index in [0.717, 1.165) is 43.0 Å². The lowest BCUT2D eigenvalue weighted by atomic mass is 9.95. The second-order valence-corrected chi connectivity index (χ2v) is 6.50. The van der Waals surface area contributed by atoms with Crippen LogP contribution in [0.2, 0.25) is 0 Å². The Labute approximate surface area is 137 Å². The molecule has 1 aliphatic rings. The predicted octanol–water partition coefficient (Wildman–Crippen LogP) is 3.28. The quantitative estimate of drug-likeness (QED) is 0.870. The molecule has 0 bridgehead atoms. The van der Waals surface area contributed by atoms with Crippen LogP contribution >= 0.6 is 0 Å². The smallest absolute Gasteiger partial charge is 0.230 e. The van der Waals surface area contributed by atoms with Crippen LogP contribution in [-0.2, 0) is 11.3 Å². The first-order chi connectivity index (χ1) is 11.1. The molecule has 124 valence electrons. The Hall–Kier alpha value is -2.04. The zero-order valence-corrected chi connectivity index (χ0v) is 14.2. The lowest BCUT2D eigenvalue weighted by Crippen LogP contribution is -2.47. The highest BCUT2D eigenvalue weighted by molar-refractivity contribution is 5.84. The Bertz CT molecular complexity index is 660. The molecule has 2 atom stereocenters. The number of aromatic nitrogens is 2. The fourth-order valence-corrected chi connectivity index (χ4v) is 3.57. The van der Waals surface area contributed by atoms with Crippen molar-refractivity contribution in [3.05, 3.63) is 41.6 Å². The highest BCUT2D eigenvalue weighted by Crippen LogP contribution is 2.28. The van der Waals surface area contributed by atoms with E-state index in [2.05, 4.69) is 10.00 Å². The molecule has 3 heterocycles. The molecule has 3 rings (SSSR count). The van der Waals surface area contributed by atoms with E-state index in [1.807, 2.05) is 43.8 Å². The average Bonchev–Trinajstić information content (AvgIpc) is 3.16. The van der Waals surface area contributed by atoms with Crippen LogP contribution in [0.1, 0.15) is 49.2 Å². The molecule has 1 aliphatic heterocycles. The summed E-state index contributed by atoms with van der Waals surface area (Å²) < 4.78 is 7.53. The van der Waals surface area contributed by atoms with Gasteiger partial charge < -0.3 is 9.32 Å². The van der Waals surface area contributed by atoms with Crippen molar-refractivity contribution in [2.45, 2.75) is 58.5 Å². The Morgan fingerprint density at radius 2 is 2.26 bits per heavy atom. The number of hydrogen-bond acceptors (Lipinski definition) is 3. The monoisotopic (exact) mass is 315 g/mol. The van der Waals surface area contributed by atoms with Gasteiger partial charge in [-0.1, -0.05) is 0 Å². The largest absolute Gasteiger partial charge is 0.466 e. The first-order valence-corrected chi connectivity index (χ1v) is 8.41. The maximum absolute atomic E-state index is 13.1. The fourth-order valence-electron chi connectivity index (χ4n) is 3.57. The van der Waals surface area contributed by atoms with Crippen LogP contribution in [0.15, 0.2) is 28.9 Å². The number of piperidine rings is 1. The molecule has 0 N–H and O–H groups in total. The molecule has 1 saturated heterocycles. The summed E-state index contributed by atoms with van der Waals surface area (Å²) in [5, 5.41) is 4.29. The van der Waals surface area contributed by atoms with Gasteiger partial charge in [0.25, 0.3) is 0 Å². The number of aryl methyl sites for hydroxylation is 2. The number of carbonyl (C=O) groups excluding carboxylic acids is 1. The zero-order valence-electron chi connectivity index (χ0n) is 14.2. The van der Waals surface area contributed by atoms with Gasteiger partial charge in [-0.2, -0.15) is 5.10 Å². The van der Waals surface area contributed by atoms with Crippen molar-refractivity contribution in [1.82, 2.24) is 14.7 Å². The standard InChI is InChI=1S/C18H25N3O2/c1-13-11-17(15(3)23-13)14(2)18(22)21-10-5-4-7-16(21)12-20-9-6-8-19-20/h6,8-9,11,14,16H,4-5,7,10,12H2,1-3H3/t14-,16-/m0/s1. The van der Waals surface area contributed by atoms with Crippen molar-refractivity contribution >= 4 is 5.91 Å². The van der Waals surface area contributed by atoms with Crippen LogP contribution in [0.3, 0.4) is 0 Å². The third-order valence-corrected chi connectivity index (χ3v) is 4.78. The lowest BCUT2D eigenvalue weighted by molar-refractivity contribution is -0.136. The summed E-state index contributed by atoms with van der Waals surface area (Å²) in [6, 6.07) is 4.14. The predicted molar refractivity (Wildman–Crippen MR) is 88.2 cm³/mol. The highest BCUT2D eigenvalue weighted by atomic mass is 16.3. The molecular formula is C18H25N3O2. The van der Waals surface area contributed by atoms with E-state index < -0.39 is 0 Å². The topological polar surface area (TPSA) is 51.3 Å². The fraction of sp³-hybridized carbons (Fsp3) is 0.556. The molecule has 23 heavy (non-hydrogen) atoms. The van der Waals surface area contributed by atoms with Gasteiger partial charge in [0.2, 0.25) is 5.91 Å². The molecule has 0 spiro atoms. The minimum absolute atomic E-state index is 0.161. The summed E-state index contributed by atoms with van der Waals surface area (Å²) in [6.07, 6.45) is 7.05.